The molecule has 0 heterocycles. The van der Waals surface area contributed by atoms with Gasteiger partial charge in [-0.2, -0.15) is 9.90 Å². The maximum atomic E-state index is 9.90. The third kappa shape index (κ3) is 6.21. The Labute approximate surface area is 101 Å². The molecule has 1 unspecified atom stereocenters. The first kappa shape index (κ1) is 20.1. The van der Waals surface area contributed by atoms with Crippen LogP contribution in [0.15, 0.2) is 0 Å². The Kier molecular flexibility index (Phi) is 14.7. The van der Waals surface area contributed by atoms with Crippen LogP contribution in [-0.4, -0.2) is 85.9 Å². The van der Waals surface area contributed by atoms with Gasteiger partial charge in [0, 0.05) is 23.1 Å². The highest BCUT2D eigenvalue weighted by molar-refractivity contribution is 6.92. The number of aliphatic hydroxyl groups is 5. The lowest BCUT2D eigenvalue weighted by Crippen LogP contribution is -2.46. The Hall–Kier alpha value is 0.666. The van der Waals surface area contributed by atoms with E-state index in [-0.39, 0.29) is 39.2 Å². The van der Waals surface area contributed by atoms with Gasteiger partial charge in [0.05, 0.1) is 6.61 Å². The molecule has 5 atom stereocenters. The lowest BCUT2D eigenvalue weighted by molar-refractivity contribution is -0.136. The molecule has 0 aromatic heterocycles. The molecular formula is C6H15MgO6P. The second kappa shape index (κ2) is 10.2. The number of hydrogen-bond donors (Lipinski definition) is 5. The van der Waals surface area contributed by atoms with Gasteiger partial charge in [0.1, 0.15) is 24.4 Å². The highest BCUT2D eigenvalue weighted by atomic mass is 31.0. The highest BCUT2D eigenvalue weighted by Gasteiger charge is 2.29. The Bertz CT molecular complexity index is 148. The first-order chi connectivity index (χ1) is 5.54. The third-order valence-electron chi connectivity index (χ3n) is 1.42. The van der Waals surface area contributed by atoms with Crippen LogP contribution < -0.4 is 0 Å². The average Bonchev–Trinajstić information content (AvgIpc) is 2.12. The van der Waals surface area contributed by atoms with Gasteiger partial charge in [0.15, 0.2) is 6.29 Å². The molecule has 8 heteroatoms. The lowest BCUT2D eigenvalue weighted by Gasteiger charge is -2.22. The summed E-state index contributed by atoms with van der Waals surface area (Å²) < 4.78 is 0. The summed E-state index contributed by atoms with van der Waals surface area (Å²) >= 11 is 0. The van der Waals surface area contributed by atoms with Crippen molar-refractivity contribution in [1.29, 1.82) is 0 Å². The van der Waals surface area contributed by atoms with Crippen LogP contribution in [0.25, 0.3) is 0 Å². The second-order valence-electron chi connectivity index (χ2n) is 2.36. The Morgan fingerprint density at radius 2 is 1.50 bits per heavy atom. The average molecular weight is 238 g/mol. The number of carbonyl (C=O) groups excluding carboxylic acids is 1. The van der Waals surface area contributed by atoms with Crippen LogP contribution in [0.3, 0.4) is 0 Å². The van der Waals surface area contributed by atoms with Crippen molar-refractivity contribution < 1.29 is 30.3 Å². The summed E-state index contributed by atoms with van der Waals surface area (Å²) in [6, 6.07) is 0. The number of carbonyl (C=O) groups is 1. The SMILES string of the molecule is O=C[C@H](O)[C@@H](O)[C@H](O)[C@H](O)CO.P.[Mg]. The minimum Gasteiger partial charge on any atom is -0.394 e. The molecule has 2 radical (unpaired) electrons. The van der Waals surface area contributed by atoms with E-state index < -0.39 is 31.0 Å². The first-order valence-corrected chi connectivity index (χ1v) is 3.33. The maximum Gasteiger partial charge on any atom is 0.151 e. The third-order valence-corrected chi connectivity index (χ3v) is 1.42. The molecule has 6 nitrogen and oxygen atoms in total. The van der Waals surface area contributed by atoms with E-state index in [1.165, 1.54) is 0 Å². The largest absolute Gasteiger partial charge is 0.394 e. The summed E-state index contributed by atoms with van der Waals surface area (Å²) in [4.78, 5) is 9.90. The van der Waals surface area contributed by atoms with Crippen molar-refractivity contribution in [1.82, 2.24) is 0 Å². The predicted molar refractivity (Wildman–Crippen MR) is 54.0 cm³/mol. The van der Waals surface area contributed by atoms with Gasteiger partial charge in [-0.3, -0.25) is 0 Å². The van der Waals surface area contributed by atoms with Crippen LogP contribution in [-0.2, 0) is 4.79 Å². The molecule has 0 bridgehead atoms. The summed E-state index contributed by atoms with van der Waals surface area (Å²) in [6.07, 6.45) is -6.84. The van der Waals surface area contributed by atoms with Gasteiger partial charge in [-0.25, -0.2) is 0 Å². The Morgan fingerprint density at radius 1 is 1.07 bits per heavy atom. The van der Waals surface area contributed by atoms with Gasteiger partial charge in [0.25, 0.3) is 0 Å². The summed E-state index contributed by atoms with van der Waals surface area (Å²) in [5.41, 5.74) is 0. The summed E-state index contributed by atoms with van der Waals surface area (Å²) in [7, 11) is 0. The van der Waals surface area contributed by atoms with E-state index in [9.17, 15) is 4.79 Å². The van der Waals surface area contributed by atoms with E-state index in [4.69, 9.17) is 25.5 Å². The maximum absolute atomic E-state index is 9.90. The quantitative estimate of drug-likeness (QED) is 0.191. The van der Waals surface area contributed by atoms with E-state index >= 15 is 0 Å². The molecule has 0 aliphatic rings. The van der Waals surface area contributed by atoms with Gasteiger partial charge in [-0.05, 0) is 0 Å². The van der Waals surface area contributed by atoms with Gasteiger partial charge in [-0.15, -0.1) is 0 Å². The molecule has 0 aliphatic heterocycles. The van der Waals surface area contributed by atoms with E-state index in [0.717, 1.165) is 0 Å². The van der Waals surface area contributed by atoms with Crippen molar-refractivity contribution in [3.05, 3.63) is 0 Å². The lowest BCUT2D eigenvalue weighted by atomic mass is 10.0. The molecule has 82 valence electrons. The fourth-order valence-electron chi connectivity index (χ4n) is 0.618. The van der Waals surface area contributed by atoms with Crippen molar-refractivity contribution in [2.24, 2.45) is 0 Å². The zero-order chi connectivity index (χ0) is 9.72. The Morgan fingerprint density at radius 3 is 1.79 bits per heavy atom. The summed E-state index contributed by atoms with van der Waals surface area (Å²) in [5, 5.41) is 43.5. The molecule has 0 aromatic carbocycles. The zero-order valence-corrected chi connectivity index (χ0v) is 10.5. The standard InChI is InChI=1S/C6H12O6.Mg.H3P/c7-1-3(9)5(11)6(12)4(10)2-8;;/h1,3-6,8-12H,2H2;;1H3/t3-,4+,5+,6+;;/m0../s1. The number of aldehydes is 1. The molecule has 0 saturated carbocycles. The van der Waals surface area contributed by atoms with Crippen LogP contribution in [0.4, 0.5) is 0 Å². The van der Waals surface area contributed by atoms with Crippen molar-refractivity contribution in [3.8, 4) is 0 Å². The smallest absolute Gasteiger partial charge is 0.151 e. The molecule has 0 saturated heterocycles. The molecule has 0 spiro atoms. The van der Waals surface area contributed by atoms with Crippen molar-refractivity contribution in [3.63, 3.8) is 0 Å². The van der Waals surface area contributed by atoms with Crippen LogP contribution in [0.2, 0.25) is 0 Å². The zero-order valence-electron chi connectivity index (χ0n) is 7.65. The summed E-state index contributed by atoms with van der Waals surface area (Å²) in [6.45, 7) is -0.760. The molecule has 0 amide bonds. The van der Waals surface area contributed by atoms with Gasteiger partial charge < -0.3 is 30.3 Å². The van der Waals surface area contributed by atoms with Crippen molar-refractivity contribution in [2.45, 2.75) is 24.4 Å². The van der Waals surface area contributed by atoms with E-state index in [0.29, 0.717) is 0 Å². The molecule has 5 N–H and O–H groups in total. The van der Waals surface area contributed by atoms with Crippen molar-refractivity contribution in [2.75, 3.05) is 6.61 Å². The minimum absolute atomic E-state index is 0. The molecule has 0 aliphatic carbocycles. The predicted octanol–water partition coefficient (Wildman–Crippen LogP) is -3.70. The Balaban J connectivity index is -0.000000605. The molecule has 0 aromatic rings. The molecule has 0 rings (SSSR count). The minimum atomic E-state index is -1.79. The number of hydrogen-bond acceptors (Lipinski definition) is 6. The van der Waals surface area contributed by atoms with Crippen LogP contribution >= 0.6 is 9.90 Å². The number of aliphatic hydroxyl groups excluding tert-OH is 5. The fourth-order valence-corrected chi connectivity index (χ4v) is 0.618. The normalized spacial score (nSPS) is 18.1. The van der Waals surface area contributed by atoms with Crippen LogP contribution in [0.1, 0.15) is 0 Å². The van der Waals surface area contributed by atoms with Crippen LogP contribution in [0.5, 0.6) is 0 Å². The van der Waals surface area contributed by atoms with Gasteiger partial charge in [0.2, 0.25) is 0 Å². The monoisotopic (exact) mass is 238 g/mol. The molecular weight excluding hydrogens is 223 g/mol. The molecule has 0 fully saturated rings. The highest BCUT2D eigenvalue weighted by Crippen LogP contribution is 2.02. The van der Waals surface area contributed by atoms with E-state index in [2.05, 4.69) is 0 Å². The topological polar surface area (TPSA) is 118 Å². The van der Waals surface area contributed by atoms with Gasteiger partial charge in [-0.1, -0.05) is 0 Å². The summed E-state index contributed by atoms with van der Waals surface area (Å²) in [5.74, 6) is 0. The van der Waals surface area contributed by atoms with Gasteiger partial charge >= 0.3 is 0 Å². The first-order valence-electron chi connectivity index (χ1n) is 3.33. The fraction of sp³-hybridized carbons (Fsp3) is 0.833. The number of rotatable bonds is 5. The molecule has 14 heavy (non-hydrogen) atoms. The van der Waals surface area contributed by atoms with E-state index in [1.807, 2.05) is 0 Å². The van der Waals surface area contributed by atoms with Crippen molar-refractivity contribution >= 4 is 39.2 Å². The van der Waals surface area contributed by atoms with E-state index in [1.54, 1.807) is 0 Å². The second-order valence-corrected chi connectivity index (χ2v) is 2.36. The van der Waals surface area contributed by atoms with Crippen LogP contribution in [0, 0.1) is 0 Å².